The smallest absolute Gasteiger partial charge is 0.212 e. The number of benzene rings is 1. The highest BCUT2D eigenvalue weighted by Crippen LogP contribution is 2.18. The van der Waals surface area contributed by atoms with Gasteiger partial charge >= 0.3 is 0 Å². The maximum Gasteiger partial charge on any atom is 0.212 e. The van der Waals surface area contributed by atoms with Crippen molar-refractivity contribution in [3.8, 4) is 11.6 Å². The van der Waals surface area contributed by atoms with E-state index >= 15 is 0 Å². The third kappa shape index (κ3) is 1.32. The molecule has 0 saturated carbocycles. The van der Waals surface area contributed by atoms with Crippen molar-refractivity contribution in [3.63, 3.8) is 0 Å². The fourth-order valence-corrected chi connectivity index (χ4v) is 1.66. The Morgan fingerprint density at radius 2 is 1.81 bits per heavy atom. The highest BCUT2D eigenvalue weighted by atomic mass is 16.3. The fraction of sp³-hybridized carbons (Fsp3) is 0. The summed E-state index contributed by atoms with van der Waals surface area (Å²) >= 11 is 0. The number of pyridine rings is 1. The van der Waals surface area contributed by atoms with Crippen LogP contribution in [0.1, 0.15) is 0 Å². The van der Waals surface area contributed by atoms with Crippen molar-refractivity contribution in [2.75, 3.05) is 0 Å². The minimum atomic E-state index is 0.00480. The molecule has 0 radical (unpaired) electrons. The maximum absolute atomic E-state index is 9.37. The van der Waals surface area contributed by atoms with E-state index in [1.165, 1.54) is 6.07 Å². The van der Waals surface area contributed by atoms with Gasteiger partial charge < -0.3 is 5.11 Å². The molecule has 0 bridgehead atoms. The average molecular weight is 211 g/mol. The molecule has 4 heteroatoms. The van der Waals surface area contributed by atoms with Gasteiger partial charge in [-0.2, -0.15) is 4.98 Å². The third-order valence-corrected chi connectivity index (χ3v) is 2.41. The summed E-state index contributed by atoms with van der Waals surface area (Å²) in [4.78, 5) is 8.29. The van der Waals surface area contributed by atoms with E-state index in [1.54, 1.807) is 12.4 Å². The molecule has 16 heavy (non-hydrogen) atoms. The molecule has 1 N–H and O–H groups in total. The van der Waals surface area contributed by atoms with Gasteiger partial charge in [0.25, 0.3) is 0 Å². The molecule has 0 aliphatic rings. The Hall–Kier alpha value is -2.36. The zero-order valence-corrected chi connectivity index (χ0v) is 8.41. The second-order valence-corrected chi connectivity index (χ2v) is 3.46. The lowest BCUT2D eigenvalue weighted by Gasteiger charge is -2.02. The van der Waals surface area contributed by atoms with Crippen LogP contribution in [0.25, 0.3) is 16.9 Å². The highest BCUT2D eigenvalue weighted by molar-refractivity contribution is 5.73. The van der Waals surface area contributed by atoms with E-state index in [2.05, 4.69) is 9.97 Å². The number of aromatic nitrogens is 3. The predicted molar refractivity (Wildman–Crippen MR) is 60.5 cm³/mol. The molecular weight excluding hydrogens is 202 g/mol. The van der Waals surface area contributed by atoms with Crippen LogP contribution < -0.4 is 0 Å². The summed E-state index contributed by atoms with van der Waals surface area (Å²) in [5, 5.41) is 9.37. The van der Waals surface area contributed by atoms with Gasteiger partial charge in [-0.3, -0.25) is 4.57 Å². The number of aromatic hydroxyl groups is 1. The van der Waals surface area contributed by atoms with Crippen molar-refractivity contribution < 1.29 is 5.11 Å². The zero-order valence-electron chi connectivity index (χ0n) is 8.41. The van der Waals surface area contributed by atoms with Gasteiger partial charge in [-0.05, 0) is 18.2 Å². The Bertz CT molecular complexity index is 631. The second kappa shape index (κ2) is 3.34. The minimum Gasteiger partial charge on any atom is -0.493 e. The first-order valence-electron chi connectivity index (χ1n) is 4.93. The van der Waals surface area contributed by atoms with Crippen LogP contribution in [-0.2, 0) is 0 Å². The topological polar surface area (TPSA) is 50.9 Å². The van der Waals surface area contributed by atoms with Crippen LogP contribution in [0.3, 0.4) is 0 Å². The van der Waals surface area contributed by atoms with Crippen LogP contribution in [-0.4, -0.2) is 19.6 Å². The van der Waals surface area contributed by atoms with E-state index in [0.717, 1.165) is 11.2 Å². The number of para-hydroxylation sites is 1. The number of fused-ring (bicyclic) bond motifs is 1. The van der Waals surface area contributed by atoms with Crippen molar-refractivity contribution in [3.05, 3.63) is 48.8 Å². The van der Waals surface area contributed by atoms with Crippen LogP contribution >= 0.6 is 0 Å². The molecule has 0 atom stereocenters. The summed E-state index contributed by atoms with van der Waals surface area (Å²) < 4.78 is 1.84. The van der Waals surface area contributed by atoms with Crippen LogP contribution in [0, 0.1) is 0 Å². The van der Waals surface area contributed by atoms with E-state index in [0.29, 0.717) is 5.65 Å². The molecule has 78 valence electrons. The Labute approximate surface area is 91.8 Å². The van der Waals surface area contributed by atoms with Crippen molar-refractivity contribution in [1.29, 1.82) is 0 Å². The molecule has 0 spiro atoms. The summed E-state index contributed by atoms with van der Waals surface area (Å²) in [7, 11) is 0. The summed E-state index contributed by atoms with van der Waals surface area (Å²) in [6, 6.07) is 13.1. The van der Waals surface area contributed by atoms with Crippen molar-refractivity contribution >= 4 is 11.2 Å². The van der Waals surface area contributed by atoms with Gasteiger partial charge in [0.1, 0.15) is 11.8 Å². The molecule has 1 aromatic carbocycles. The Balaban J connectivity index is 2.29. The predicted octanol–water partition coefficient (Wildman–Crippen LogP) is 2.13. The van der Waals surface area contributed by atoms with E-state index in [4.69, 9.17) is 0 Å². The average Bonchev–Trinajstić information content (AvgIpc) is 2.73. The monoisotopic (exact) mass is 211 g/mol. The molecule has 0 aliphatic carbocycles. The second-order valence-electron chi connectivity index (χ2n) is 3.46. The number of nitrogens with zero attached hydrogens (tertiary/aromatic N) is 3. The van der Waals surface area contributed by atoms with Crippen molar-refractivity contribution in [1.82, 2.24) is 14.5 Å². The summed E-state index contributed by atoms with van der Waals surface area (Å²) in [5.74, 6) is 0.00480. The lowest BCUT2D eigenvalue weighted by molar-refractivity contribution is 0.455. The van der Waals surface area contributed by atoms with Gasteiger partial charge in [0.2, 0.25) is 5.88 Å². The van der Waals surface area contributed by atoms with E-state index < -0.39 is 0 Å². The molecule has 3 rings (SSSR count). The third-order valence-electron chi connectivity index (χ3n) is 2.41. The van der Waals surface area contributed by atoms with Crippen LogP contribution in [0.5, 0.6) is 5.88 Å². The fourth-order valence-electron chi connectivity index (χ4n) is 1.66. The van der Waals surface area contributed by atoms with E-state index in [9.17, 15) is 5.11 Å². The molecule has 0 fully saturated rings. The molecule has 2 aromatic heterocycles. The number of imidazole rings is 1. The zero-order chi connectivity index (χ0) is 11.0. The molecule has 3 aromatic rings. The number of hydrogen-bond donors (Lipinski definition) is 1. The standard InChI is InChI=1S/C12H9N3O/c16-11-7-6-10-12(14-11)15(8-13-10)9-4-2-1-3-5-9/h1-8H,(H,14,16). The van der Waals surface area contributed by atoms with Gasteiger partial charge in [0.15, 0.2) is 5.65 Å². The SMILES string of the molecule is Oc1ccc2ncn(-c3ccccc3)c2n1. The van der Waals surface area contributed by atoms with Crippen molar-refractivity contribution in [2.45, 2.75) is 0 Å². The molecule has 0 amide bonds. The molecule has 0 saturated heterocycles. The molecule has 0 aliphatic heterocycles. The van der Waals surface area contributed by atoms with Gasteiger partial charge in [-0.1, -0.05) is 18.2 Å². The molecule has 2 heterocycles. The Morgan fingerprint density at radius 3 is 2.62 bits per heavy atom. The summed E-state index contributed by atoms with van der Waals surface area (Å²) in [5.41, 5.74) is 2.40. The van der Waals surface area contributed by atoms with Crippen LogP contribution in [0.4, 0.5) is 0 Å². The lowest BCUT2D eigenvalue weighted by Crippen LogP contribution is -1.92. The summed E-state index contributed by atoms with van der Waals surface area (Å²) in [6.45, 7) is 0. The lowest BCUT2D eigenvalue weighted by atomic mass is 10.3. The number of hydrogen-bond acceptors (Lipinski definition) is 3. The van der Waals surface area contributed by atoms with Gasteiger partial charge in [0.05, 0.1) is 0 Å². The van der Waals surface area contributed by atoms with Gasteiger partial charge in [-0.25, -0.2) is 4.98 Å². The molecule has 0 unspecified atom stereocenters. The largest absolute Gasteiger partial charge is 0.493 e. The molecule has 4 nitrogen and oxygen atoms in total. The number of rotatable bonds is 1. The molecular formula is C12H9N3O. The van der Waals surface area contributed by atoms with E-state index in [1.807, 2.05) is 34.9 Å². The first-order chi connectivity index (χ1) is 7.84. The van der Waals surface area contributed by atoms with Crippen LogP contribution in [0.2, 0.25) is 0 Å². The Morgan fingerprint density at radius 1 is 1.00 bits per heavy atom. The van der Waals surface area contributed by atoms with Gasteiger partial charge in [0, 0.05) is 11.8 Å². The first kappa shape index (κ1) is 8.91. The maximum atomic E-state index is 9.37. The van der Waals surface area contributed by atoms with E-state index in [-0.39, 0.29) is 5.88 Å². The quantitative estimate of drug-likeness (QED) is 0.670. The first-order valence-corrected chi connectivity index (χ1v) is 4.93. The van der Waals surface area contributed by atoms with Gasteiger partial charge in [-0.15, -0.1) is 0 Å². The summed E-state index contributed by atoms with van der Waals surface area (Å²) in [6.07, 6.45) is 1.70. The highest BCUT2D eigenvalue weighted by Gasteiger charge is 2.05. The van der Waals surface area contributed by atoms with Crippen LogP contribution in [0.15, 0.2) is 48.8 Å². The van der Waals surface area contributed by atoms with Crippen molar-refractivity contribution in [2.24, 2.45) is 0 Å². The minimum absolute atomic E-state index is 0.00480. The normalized spacial score (nSPS) is 10.8. The Kier molecular flexibility index (Phi) is 1.86.